The Balaban J connectivity index is 2.60. The molecule has 4 nitrogen and oxygen atoms in total. The van der Waals surface area contributed by atoms with Crippen LogP contribution in [-0.2, 0) is 0 Å². The summed E-state index contributed by atoms with van der Waals surface area (Å²) in [7, 11) is 0. The van der Waals surface area contributed by atoms with Gasteiger partial charge in [0, 0.05) is 5.56 Å². The smallest absolute Gasteiger partial charge is 0.136 e. The summed E-state index contributed by atoms with van der Waals surface area (Å²) >= 11 is 0. The zero-order chi connectivity index (χ0) is 11.7. The Labute approximate surface area is 93.6 Å². The van der Waals surface area contributed by atoms with Crippen LogP contribution in [0.2, 0.25) is 0 Å². The number of aliphatic hydroxyl groups excluding tert-OH is 1. The van der Waals surface area contributed by atoms with Crippen LogP contribution >= 0.6 is 0 Å². The van der Waals surface area contributed by atoms with Crippen molar-refractivity contribution >= 4 is 11.6 Å². The number of nitrogens with zero attached hydrogens (tertiary/aromatic N) is 2. The van der Waals surface area contributed by atoms with E-state index in [0.717, 1.165) is 11.3 Å². The van der Waals surface area contributed by atoms with Gasteiger partial charge in [0.2, 0.25) is 0 Å². The van der Waals surface area contributed by atoms with Crippen LogP contribution in [0.15, 0.2) is 36.9 Å². The SMILES string of the molecule is C=C(O)c1nn(-c2ccccc2)c(N)c1C. The van der Waals surface area contributed by atoms with Gasteiger partial charge in [-0.25, -0.2) is 4.68 Å². The number of aromatic nitrogens is 2. The van der Waals surface area contributed by atoms with E-state index in [2.05, 4.69) is 11.7 Å². The summed E-state index contributed by atoms with van der Waals surface area (Å²) in [6, 6.07) is 9.51. The minimum atomic E-state index is -0.0705. The molecule has 0 aliphatic rings. The number of anilines is 1. The molecule has 0 bridgehead atoms. The minimum absolute atomic E-state index is 0.0705. The lowest BCUT2D eigenvalue weighted by Gasteiger charge is -2.02. The molecule has 3 N–H and O–H groups in total. The van der Waals surface area contributed by atoms with Crippen molar-refractivity contribution in [3.8, 4) is 5.69 Å². The molecule has 0 aliphatic heterocycles. The zero-order valence-corrected chi connectivity index (χ0v) is 9.01. The third-order valence-corrected chi connectivity index (χ3v) is 2.44. The van der Waals surface area contributed by atoms with E-state index in [1.54, 1.807) is 11.6 Å². The van der Waals surface area contributed by atoms with Crippen LogP contribution in [0.25, 0.3) is 11.4 Å². The largest absolute Gasteiger partial charge is 0.506 e. The summed E-state index contributed by atoms with van der Waals surface area (Å²) in [4.78, 5) is 0. The number of aliphatic hydroxyl groups is 1. The molecular formula is C12H13N3O. The maximum atomic E-state index is 9.36. The topological polar surface area (TPSA) is 64.1 Å². The summed E-state index contributed by atoms with van der Waals surface area (Å²) in [6.45, 7) is 5.26. The average molecular weight is 215 g/mol. The molecule has 0 atom stereocenters. The molecule has 0 spiro atoms. The highest BCUT2D eigenvalue weighted by Gasteiger charge is 2.14. The second-order valence-electron chi connectivity index (χ2n) is 3.55. The molecule has 16 heavy (non-hydrogen) atoms. The summed E-state index contributed by atoms with van der Waals surface area (Å²) in [5.74, 6) is 0.440. The fourth-order valence-corrected chi connectivity index (χ4v) is 1.55. The molecule has 0 saturated heterocycles. The predicted molar refractivity (Wildman–Crippen MR) is 64.4 cm³/mol. The highest BCUT2D eigenvalue weighted by Crippen LogP contribution is 2.23. The van der Waals surface area contributed by atoms with E-state index in [4.69, 9.17) is 5.73 Å². The summed E-state index contributed by atoms with van der Waals surface area (Å²) in [5.41, 5.74) is 7.94. The number of benzene rings is 1. The third kappa shape index (κ3) is 1.54. The van der Waals surface area contributed by atoms with Gasteiger partial charge in [-0.3, -0.25) is 0 Å². The molecule has 0 radical (unpaired) electrons. The molecule has 0 amide bonds. The fraction of sp³-hybridized carbons (Fsp3) is 0.0833. The predicted octanol–water partition coefficient (Wildman–Crippen LogP) is 2.29. The Morgan fingerprint density at radius 3 is 2.50 bits per heavy atom. The number of hydrogen-bond donors (Lipinski definition) is 2. The van der Waals surface area contributed by atoms with Gasteiger partial charge in [-0.05, 0) is 19.1 Å². The van der Waals surface area contributed by atoms with Crippen molar-refractivity contribution in [1.82, 2.24) is 9.78 Å². The van der Waals surface area contributed by atoms with Crippen LogP contribution in [0.5, 0.6) is 0 Å². The Morgan fingerprint density at radius 2 is 2.00 bits per heavy atom. The van der Waals surface area contributed by atoms with Crippen molar-refractivity contribution in [2.75, 3.05) is 5.73 Å². The lowest BCUT2D eigenvalue weighted by Crippen LogP contribution is -2.01. The molecule has 0 unspecified atom stereocenters. The van der Waals surface area contributed by atoms with E-state index < -0.39 is 0 Å². The molecular weight excluding hydrogens is 202 g/mol. The molecule has 82 valence electrons. The van der Waals surface area contributed by atoms with Gasteiger partial charge in [-0.1, -0.05) is 24.8 Å². The maximum absolute atomic E-state index is 9.36. The number of rotatable bonds is 2. The number of para-hydroxylation sites is 1. The maximum Gasteiger partial charge on any atom is 0.136 e. The molecule has 2 aromatic rings. The first-order valence-electron chi connectivity index (χ1n) is 4.90. The van der Waals surface area contributed by atoms with Crippen molar-refractivity contribution in [1.29, 1.82) is 0 Å². The van der Waals surface area contributed by atoms with Gasteiger partial charge < -0.3 is 10.8 Å². The number of nitrogen functional groups attached to an aromatic ring is 1. The van der Waals surface area contributed by atoms with Crippen LogP contribution < -0.4 is 5.73 Å². The van der Waals surface area contributed by atoms with Crippen molar-refractivity contribution in [3.63, 3.8) is 0 Å². The van der Waals surface area contributed by atoms with Gasteiger partial charge in [0.25, 0.3) is 0 Å². The first kappa shape index (κ1) is 10.3. The second kappa shape index (κ2) is 3.73. The lowest BCUT2D eigenvalue weighted by molar-refractivity contribution is 0.509. The number of hydrogen-bond acceptors (Lipinski definition) is 3. The zero-order valence-electron chi connectivity index (χ0n) is 9.01. The monoisotopic (exact) mass is 215 g/mol. The van der Waals surface area contributed by atoms with Gasteiger partial charge in [0.15, 0.2) is 0 Å². The Bertz CT molecular complexity index is 529. The fourth-order valence-electron chi connectivity index (χ4n) is 1.55. The van der Waals surface area contributed by atoms with Crippen molar-refractivity contribution < 1.29 is 5.11 Å². The van der Waals surface area contributed by atoms with Crippen molar-refractivity contribution in [2.24, 2.45) is 0 Å². The molecule has 2 rings (SSSR count). The van der Waals surface area contributed by atoms with E-state index >= 15 is 0 Å². The molecule has 0 saturated carbocycles. The molecule has 0 aliphatic carbocycles. The minimum Gasteiger partial charge on any atom is -0.506 e. The normalized spacial score (nSPS) is 10.3. The first-order chi connectivity index (χ1) is 7.61. The summed E-state index contributed by atoms with van der Waals surface area (Å²) in [5, 5.41) is 13.6. The van der Waals surface area contributed by atoms with Gasteiger partial charge in [-0.15, -0.1) is 0 Å². The standard InChI is InChI=1S/C12H13N3O/c1-8-11(9(2)16)14-15(12(8)13)10-6-4-3-5-7-10/h3-7,16H,2,13H2,1H3. The Morgan fingerprint density at radius 1 is 1.38 bits per heavy atom. The Kier molecular flexibility index (Phi) is 2.40. The van der Waals surface area contributed by atoms with E-state index in [1.807, 2.05) is 30.3 Å². The van der Waals surface area contributed by atoms with Crippen LogP contribution in [0.3, 0.4) is 0 Å². The highest BCUT2D eigenvalue weighted by atomic mass is 16.3. The summed E-state index contributed by atoms with van der Waals surface area (Å²) < 4.78 is 1.59. The van der Waals surface area contributed by atoms with Gasteiger partial charge in [-0.2, -0.15) is 5.10 Å². The molecule has 1 heterocycles. The molecule has 1 aromatic heterocycles. The Hall–Kier alpha value is -2.23. The van der Waals surface area contributed by atoms with Crippen LogP contribution in [0.4, 0.5) is 5.82 Å². The number of nitrogens with two attached hydrogens (primary N) is 1. The van der Waals surface area contributed by atoms with E-state index in [-0.39, 0.29) is 5.76 Å². The van der Waals surface area contributed by atoms with Crippen LogP contribution in [0.1, 0.15) is 11.3 Å². The molecule has 0 fully saturated rings. The highest BCUT2D eigenvalue weighted by molar-refractivity contribution is 5.63. The van der Waals surface area contributed by atoms with Gasteiger partial charge in [0.1, 0.15) is 17.3 Å². The second-order valence-corrected chi connectivity index (χ2v) is 3.55. The van der Waals surface area contributed by atoms with E-state index in [9.17, 15) is 5.11 Å². The van der Waals surface area contributed by atoms with E-state index in [0.29, 0.717) is 11.5 Å². The quantitative estimate of drug-likeness (QED) is 0.755. The van der Waals surface area contributed by atoms with Crippen LogP contribution in [-0.4, -0.2) is 14.9 Å². The van der Waals surface area contributed by atoms with Crippen molar-refractivity contribution in [3.05, 3.63) is 48.2 Å². The molecule has 1 aromatic carbocycles. The summed E-state index contributed by atoms with van der Waals surface area (Å²) in [6.07, 6.45) is 0. The third-order valence-electron chi connectivity index (χ3n) is 2.44. The average Bonchev–Trinajstić information content (AvgIpc) is 2.58. The molecule has 4 heteroatoms. The van der Waals surface area contributed by atoms with Crippen molar-refractivity contribution in [2.45, 2.75) is 6.92 Å². The first-order valence-corrected chi connectivity index (χ1v) is 4.90. The van der Waals surface area contributed by atoms with Gasteiger partial charge >= 0.3 is 0 Å². The lowest BCUT2D eigenvalue weighted by atomic mass is 10.2. The van der Waals surface area contributed by atoms with E-state index in [1.165, 1.54) is 0 Å². The van der Waals surface area contributed by atoms with Gasteiger partial charge in [0.05, 0.1) is 5.69 Å². The van der Waals surface area contributed by atoms with Crippen LogP contribution in [0, 0.1) is 6.92 Å².